The minimum Gasteiger partial charge on any atom is -0.462 e. The van der Waals surface area contributed by atoms with Crippen molar-refractivity contribution in [2.45, 2.75) is 239 Å². The van der Waals surface area contributed by atoms with E-state index in [4.69, 9.17) is 14.2 Å². The molecule has 60 heavy (non-hydrogen) atoms. The second-order valence-corrected chi connectivity index (χ2v) is 16.4. The molecule has 0 aliphatic heterocycles. The molecule has 0 N–H and O–H groups in total. The lowest BCUT2D eigenvalue weighted by atomic mass is 10.1. The molecule has 0 spiro atoms. The van der Waals surface area contributed by atoms with Crippen LogP contribution in [0.3, 0.4) is 0 Å². The Labute approximate surface area is 370 Å². The van der Waals surface area contributed by atoms with Gasteiger partial charge in [-0.2, -0.15) is 0 Å². The van der Waals surface area contributed by atoms with E-state index in [1.165, 1.54) is 103 Å². The van der Waals surface area contributed by atoms with Crippen LogP contribution in [-0.2, 0) is 28.6 Å². The average molecular weight is 837 g/mol. The normalized spacial score (nSPS) is 12.7. The van der Waals surface area contributed by atoms with Gasteiger partial charge in [-0.15, -0.1) is 0 Å². The molecule has 0 heterocycles. The van der Waals surface area contributed by atoms with Gasteiger partial charge in [-0.1, -0.05) is 190 Å². The Balaban J connectivity index is 4.45. The van der Waals surface area contributed by atoms with Crippen molar-refractivity contribution in [3.05, 3.63) is 72.9 Å². The van der Waals surface area contributed by atoms with E-state index < -0.39 is 6.10 Å². The lowest BCUT2D eigenvalue weighted by Crippen LogP contribution is -2.30. The molecule has 0 aromatic rings. The number of esters is 3. The maximum atomic E-state index is 12.8. The molecule has 1 unspecified atom stereocenters. The predicted octanol–water partition coefficient (Wildman–Crippen LogP) is 16.3. The molecule has 0 amide bonds. The first-order valence-corrected chi connectivity index (χ1v) is 25.0. The summed E-state index contributed by atoms with van der Waals surface area (Å²) in [6.07, 6.45) is 60.3. The number of unbranched alkanes of at least 4 members (excludes halogenated alkanes) is 22. The zero-order valence-electron chi connectivity index (χ0n) is 39.2. The van der Waals surface area contributed by atoms with E-state index >= 15 is 0 Å². The van der Waals surface area contributed by atoms with Crippen LogP contribution in [0, 0.1) is 0 Å². The third-order valence-electron chi connectivity index (χ3n) is 10.4. The van der Waals surface area contributed by atoms with Gasteiger partial charge in [0, 0.05) is 19.3 Å². The number of allylic oxidation sites excluding steroid dienone is 12. The Morgan fingerprint density at radius 2 is 0.717 bits per heavy atom. The highest BCUT2D eigenvalue weighted by Crippen LogP contribution is 2.13. The van der Waals surface area contributed by atoms with E-state index in [0.717, 1.165) is 83.5 Å². The molecule has 6 heteroatoms. The van der Waals surface area contributed by atoms with Crippen LogP contribution in [0.2, 0.25) is 0 Å². The van der Waals surface area contributed by atoms with Crippen molar-refractivity contribution in [1.29, 1.82) is 0 Å². The summed E-state index contributed by atoms with van der Waals surface area (Å²) in [4.78, 5) is 37.9. The largest absolute Gasteiger partial charge is 0.462 e. The molecule has 0 saturated heterocycles. The SMILES string of the molecule is CC/C=C\C/C=C\C/C=C\CCCC(=O)OCC(COC(=O)CCCCCCC/C=C\CCCCCCCCC)OC(=O)CCCCCCCC/C=C\C=C/CCCCC. The molecule has 6 nitrogen and oxygen atoms in total. The van der Waals surface area contributed by atoms with Gasteiger partial charge in [0.15, 0.2) is 6.10 Å². The smallest absolute Gasteiger partial charge is 0.306 e. The highest BCUT2D eigenvalue weighted by atomic mass is 16.6. The van der Waals surface area contributed by atoms with Crippen molar-refractivity contribution < 1.29 is 28.6 Å². The van der Waals surface area contributed by atoms with E-state index in [2.05, 4.69) is 93.7 Å². The molecular weight excluding hydrogens is 745 g/mol. The van der Waals surface area contributed by atoms with Crippen molar-refractivity contribution in [1.82, 2.24) is 0 Å². The van der Waals surface area contributed by atoms with Gasteiger partial charge in [-0.25, -0.2) is 0 Å². The predicted molar refractivity (Wildman–Crippen MR) is 256 cm³/mol. The maximum Gasteiger partial charge on any atom is 0.306 e. The van der Waals surface area contributed by atoms with Crippen LogP contribution in [-0.4, -0.2) is 37.2 Å². The molecule has 0 aliphatic rings. The maximum absolute atomic E-state index is 12.8. The summed E-state index contributed by atoms with van der Waals surface area (Å²) in [6, 6.07) is 0. The molecule has 0 bridgehead atoms. The van der Waals surface area contributed by atoms with E-state index in [1.807, 2.05) is 0 Å². The molecule has 1 atom stereocenters. The van der Waals surface area contributed by atoms with E-state index in [1.54, 1.807) is 0 Å². The number of rotatable bonds is 44. The summed E-state index contributed by atoms with van der Waals surface area (Å²) in [5.74, 6) is -0.978. The standard InChI is InChI=1S/C54H92O6/c1-4-7-10-13-16-19-22-24-26-28-29-32-35-38-41-44-47-53(56)59-50-51(49-58-52(55)46-43-40-37-34-31-21-18-15-12-9-6-3)60-54(57)48-45-42-39-36-33-30-27-25-23-20-17-14-11-8-5-2/h9,12,17-18,20-21,23,25-26,28,34,37,51H,4-8,10-11,13-16,19,22,24,27,29-33,35-36,38-50H2,1-3H3/b12-9-,20-17-,21-18-,25-23-,28-26-,37-34-. The van der Waals surface area contributed by atoms with Crippen LogP contribution >= 0.6 is 0 Å². The molecular formula is C54H92O6. The van der Waals surface area contributed by atoms with Crippen LogP contribution in [0.4, 0.5) is 0 Å². The second kappa shape index (κ2) is 48.5. The van der Waals surface area contributed by atoms with Crippen molar-refractivity contribution in [2.75, 3.05) is 13.2 Å². The van der Waals surface area contributed by atoms with Gasteiger partial charge in [0.1, 0.15) is 13.2 Å². The average Bonchev–Trinajstić information content (AvgIpc) is 3.24. The fraction of sp³-hybridized carbons (Fsp3) is 0.722. The van der Waals surface area contributed by atoms with Crippen LogP contribution in [0.15, 0.2) is 72.9 Å². The summed E-state index contributed by atoms with van der Waals surface area (Å²) in [6.45, 7) is 6.42. The molecule has 0 aliphatic carbocycles. The van der Waals surface area contributed by atoms with Crippen LogP contribution in [0.5, 0.6) is 0 Å². The Bertz CT molecular complexity index is 1140. The molecule has 0 fully saturated rings. The molecule has 0 aromatic carbocycles. The Hall–Kier alpha value is -3.15. The molecule has 0 rings (SSSR count). The minimum absolute atomic E-state index is 0.101. The van der Waals surface area contributed by atoms with Crippen molar-refractivity contribution in [3.63, 3.8) is 0 Å². The quantitative estimate of drug-likeness (QED) is 0.0200. The van der Waals surface area contributed by atoms with Gasteiger partial charge < -0.3 is 14.2 Å². The minimum atomic E-state index is -0.803. The Kier molecular flexibility index (Phi) is 46.0. The highest BCUT2D eigenvalue weighted by molar-refractivity contribution is 5.71. The topological polar surface area (TPSA) is 78.9 Å². The zero-order valence-corrected chi connectivity index (χ0v) is 39.2. The van der Waals surface area contributed by atoms with Gasteiger partial charge in [-0.3, -0.25) is 14.4 Å². The first-order valence-electron chi connectivity index (χ1n) is 25.0. The van der Waals surface area contributed by atoms with Gasteiger partial charge in [-0.05, 0) is 96.3 Å². The molecule has 0 aromatic heterocycles. The van der Waals surface area contributed by atoms with E-state index in [9.17, 15) is 14.4 Å². The first kappa shape index (κ1) is 56.9. The van der Waals surface area contributed by atoms with Crippen molar-refractivity contribution in [3.8, 4) is 0 Å². The van der Waals surface area contributed by atoms with E-state index in [0.29, 0.717) is 19.3 Å². The molecule has 0 radical (unpaired) electrons. The fourth-order valence-electron chi connectivity index (χ4n) is 6.69. The van der Waals surface area contributed by atoms with Crippen LogP contribution < -0.4 is 0 Å². The monoisotopic (exact) mass is 837 g/mol. The number of carbonyl (C=O) groups excluding carboxylic acids is 3. The second-order valence-electron chi connectivity index (χ2n) is 16.4. The summed E-state index contributed by atoms with van der Waals surface area (Å²) in [7, 11) is 0. The number of carbonyl (C=O) groups is 3. The third kappa shape index (κ3) is 45.9. The third-order valence-corrected chi connectivity index (χ3v) is 10.4. The summed E-state index contributed by atoms with van der Waals surface area (Å²) >= 11 is 0. The van der Waals surface area contributed by atoms with Gasteiger partial charge in [0.05, 0.1) is 0 Å². The lowest BCUT2D eigenvalue weighted by molar-refractivity contribution is -0.167. The van der Waals surface area contributed by atoms with Gasteiger partial charge >= 0.3 is 17.9 Å². The number of hydrogen-bond donors (Lipinski definition) is 0. The van der Waals surface area contributed by atoms with Crippen LogP contribution in [0.25, 0.3) is 0 Å². The number of ether oxygens (including phenoxy) is 3. The zero-order chi connectivity index (χ0) is 43.7. The Morgan fingerprint density at radius 1 is 0.367 bits per heavy atom. The summed E-state index contributed by atoms with van der Waals surface area (Å²) in [5.41, 5.74) is 0. The van der Waals surface area contributed by atoms with E-state index in [-0.39, 0.29) is 37.5 Å². The highest BCUT2D eigenvalue weighted by Gasteiger charge is 2.19. The molecule has 0 saturated carbocycles. The summed E-state index contributed by atoms with van der Waals surface area (Å²) in [5, 5.41) is 0. The van der Waals surface area contributed by atoms with Crippen molar-refractivity contribution >= 4 is 17.9 Å². The Morgan fingerprint density at radius 3 is 1.23 bits per heavy atom. The fourth-order valence-corrected chi connectivity index (χ4v) is 6.69. The van der Waals surface area contributed by atoms with Crippen molar-refractivity contribution in [2.24, 2.45) is 0 Å². The van der Waals surface area contributed by atoms with Crippen LogP contribution in [0.1, 0.15) is 233 Å². The lowest BCUT2D eigenvalue weighted by Gasteiger charge is -2.18. The first-order chi connectivity index (χ1) is 29.5. The number of hydrogen-bond acceptors (Lipinski definition) is 6. The molecule has 344 valence electrons. The van der Waals surface area contributed by atoms with Gasteiger partial charge in [0.25, 0.3) is 0 Å². The summed E-state index contributed by atoms with van der Waals surface area (Å²) < 4.78 is 16.7. The van der Waals surface area contributed by atoms with Gasteiger partial charge in [0.2, 0.25) is 0 Å².